The van der Waals surface area contributed by atoms with Gasteiger partial charge in [-0.25, -0.2) is 4.98 Å². The van der Waals surface area contributed by atoms with Gasteiger partial charge in [0, 0.05) is 59.4 Å². The first-order chi connectivity index (χ1) is 15.7. The van der Waals surface area contributed by atoms with Gasteiger partial charge in [0.15, 0.2) is 0 Å². The zero-order chi connectivity index (χ0) is 22.3. The van der Waals surface area contributed by atoms with Crippen LogP contribution in [0.4, 0.5) is 0 Å². The van der Waals surface area contributed by atoms with Crippen LogP contribution in [0.5, 0.6) is 0 Å². The number of aromatic nitrogens is 3. The molecule has 2 aromatic heterocycles. The molecule has 0 radical (unpaired) electrons. The van der Waals surface area contributed by atoms with Crippen LogP contribution in [0, 0.1) is 0 Å². The van der Waals surface area contributed by atoms with Gasteiger partial charge in [-0.3, -0.25) is 12.9 Å². The van der Waals surface area contributed by atoms with Crippen molar-refractivity contribution in [3.05, 3.63) is 65.6 Å². The van der Waals surface area contributed by atoms with Gasteiger partial charge in [-0.15, -0.1) is 0 Å². The fourth-order valence-corrected chi connectivity index (χ4v) is 3.92. The average molecular weight is 564 g/mol. The quantitative estimate of drug-likeness (QED) is 0.159. The van der Waals surface area contributed by atoms with Crippen molar-refractivity contribution in [2.45, 2.75) is 25.7 Å². The lowest BCUT2D eigenvalue weighted by molar-refractivity contribution is -0.121. The van der Waals surface area contributed by atoms with E-state index in [-0.39, 0.29) is 5.91 Å². The van der Waals surface area contributed by atoms with Gasteiger partial charge in [0.25, 0.3) is 0 Å². The van der Waals surface area contributed by atoms with Gasteiger partial charge in [-0.05, 0) is 37.1 Å². The Hall–Kier alpha value is -2.43. The number of carbonyl (C=O) groups excluding carboxylic acids is 1. The van der Waals surface area contributed by atoms with Crippen LogP contribution in [-0.4, -0.2) is 33.5 Å². The van der Waals surface area contributed by atoms with Crippen LogP contribution in [0.1, 0.15) is 25.0 Å². The molecule has 4 aromatic rings. The van der Waals surface area contributed by atoms with Gasteiger partial charge in [0.1, 0.15) is 17.8 Å². The third-order valence-electron chi connectivity index (χ3n) is 5.06. The lowest BCUT2D eigenvalue weighted by Crippen LogP contribution is -2.25. The summed E-state index contributed by atoms with van der Waals surface area (Å²) in [6.45, 7) is 1.61. The van der Waals surface area contributed by atoms with Crippen molar-refractivity contribution >= 4 is 51.4 Å². The Kier molecular flexibility index (Phi) is 7.77. The fraction of sp³-hybridized carbons (Fsp3) is 0.261. The molecular formula is C23H23ClIN5O2. The molecule has 0 saturated carbocycles. The van der Waals surface area contributed by atoms with Crippen molar-refractivity contribution in [2.24, 2.45) is 0 Å². The minimum absolute atomic E-state index is 0.000481. The van der Waals surface area contributed by atoms with Gasteiger partial charge >= 0.3 is 6.01 Å². The van der Waals surface area contributed by atoms with Crippen molar-refractivity contribution in [2.75, 3.05) is 13.1 Å². The van der Waals surface area contributed by atoms with Crippen LogP contribution in [-0.2, 0) is 11.2 Å². The highest BCUT2D eigenvalue weighted by Crippen LogP contribution is 2.29. The fourth-order valence-electron chi connectivity index (χ4n) is 3.42. The molecule has 9 heteroatoms. The SMILES string of the molecule is O=C(CCc1oc(-n2cnc3ccccc32)nc1-c1ccc(Cl)cc1)NCCCCNI. The molecule has 1 amide bonds. The highest BCUT2D eigenvalue weighted by Gasteiger charge is 2.19. The normalized spacial score (nSPS) is 11.2. The lowest BCUT2D eigenvalue weighted by atomic mass is 10.1. The van der Waals surface area contributed by atoms with E-state index < -0.39 is 0 Å². The van der Waals surface area contributed by atoms with Crippen molar-refractivity contribution in [3.8, 4) is 17.3 Å². The molecule has 166 valence electrons. The van der Waals surface area contributed by atoms with Gasteiger partial charge in [0.05, 0.1) is 11.0 Å². The van der Waals surface area contributed by atoms with Crippen LogP contribution in [0.3, 0.4) is 0 Å². The maximum absolute atomic E-state index is 12.3. The molecule has 0 fully saturated rings. The summed E-state index contributed by atoms with van der Waals surface area (Å²) in [5, 5.41) is 3.62. The molecule has 0 aliphatic rings. The number of amides is 1. The summed E-state index contributed by atoms with van der Waals surface area (Å²) in [6, 6.07) is 15.7. The predicted octanol–water partition coefficient (Wildman–Crippen LogP) is 5.10. The standard InChI is InChI=1S/C23H23ClIN5O2/c24-17-9-7-16(8-10-17)22-20(11-12-21(31)26-13-3-4-14-28-25)32-23(29-22)30-15-27-18-5-1-2-6-19(18)30/h1-2,5-10,15,28H,3-4,11-14H2,(H,26,31). The minimum Gasteiger partial charge on any atom is -0.427 e. The van der Waals surface area contributed by atoms with Gasteiger partial charge in [0.2, 0.25) is 5.91 Å². The number of nitrogens with one attached hydrogen (secondary N) is 2. The number of nitrogens with zero attached hydrogens (tertiary/aromatic N) is 3. The zero-order valence-corrected chi connectivity index (χ0v) is 20.3. The van der Waals surface area contributed by atoms with Gasteiger partial charge in [-0.1, -0.05) is 35.9 Å². The Morgan fingerprint density at radius 1 is 1.09 bits per heavy atom. The van der Waals surface area contributed by atoms with E-state index in [9.17, 15) is 4.79 Å². The Morgan fingerprint density at radius 2 is 1.88 bits per heavy atom. The van der Waals surface area contributed by atoms with Crippen LogP contribution in [0.2, 0.25) is 5.02 Å². The topological polar surface area (TPSA) is 85.0 Å². The number of oxazole rings is 1. The number of hydrogen-bond donors (Lipinski definition) is 2. The van der Waals surface area contributed by atoms with Gasteiger partial charge < -0.3 is 9.73 Å². The van der Waals surface area contributed by atoms with E-state index in [4.69, 9.17) is 21.0 Å². The highest BCUT2D eigenvalue weighted by atomic mass is 127. The number of fused-ring (bicyclic) bond motifs is 1. The van der Waals surface area contributed by atoms with Crippen LogP contribution in [0.15, 0.2) is 59.3 Å². The molecule has 32 heavy (non-hydrogen) atoms. The number of aryl methyl sites for hydroxylation is 1. The Balaban J connectivity index is 1.55. The number of para-hydroxylation sites is 2. The van der Waals surface area contributed by atoms with E-state index in [0.29, 0.717) is 41.9 Å². The molecule has 0 bridgehead atoms. The molecule has 0 unspecified atom stereocenters. The van der Waals surface area contributed by atoms with Crippen molar-refractivity contribution < 1.29 is 9.21 Å². The van der Waals surface area contributed by atoms with E-state index in [1.54, 1.807) is 6.33 Å². The molecule has 2 heterocycles. The number of carbonyl (C=O) groups is 1. The second-order valence-corrected chi connectivity index (χ2v) is 8.52. The summed E-state index contributed by atoms with van der Waals surface area (Å²) in [6.07, 6.45) is 4.43. The smallest absolute Gasteiger partial charge is 0.308 e. The molecule has 0 atom stereocenters. The third kappa shape index (κ3) is 5.48. The number of hydrogen-bond acceptors (Lipinski definition) is 5. The second-order valence-electron chi connectivity index (χ2n) is 7.32. The lowest BCUT2D eigenvalue weighted by Gasteiger charge is -2.05. The van der Waals surface area contributed by atoms with E-state index in [0.717, 1.165) is 36.0 Å². The van der Waals surface area contributed by atoms with E-state index >= 15 is 0 Å². The van der Waals surface area contributed by atoms with Crippen molar-refractivity contribution in [3.63, 3.8) is 0 Å². The molecule has 0 spiro atoms. The number of rotatable bonds is 10. The molecule has 0 saturated heterocycles. The summed E-state index contributed by atoms with van der Waals surface area (Å²) in [5.74, 6) is 0.657. The third-order valence-corrected chi connectivity index (χ3v) is 5.85. The number of imidazole rings is 1. The Morgan fingerprint density at radius 3 is 2.69 bits per heavy atom. The summed E-state index contributed by atoms with van der Waals surface area (Å²) >= 11 is 8.19. The first kappa shape index (κ1) is 22.8. The average Bonchev–Trinajstić information content (AvgIpc) is 3.42. The van der Waals surface area contributed by atoms with Crippen molar-refractivity contribution in [1.29, 1.82) is 0 Å². The monoisotopic (exact) mass is 563 g/mol. The molecule has 4 rings (SSSR count). The summed E-state index contributed by atoms with van der Waals surface area (Å²) in [5.41, 5.74) is 3.35. The first-order valence-electron chi connectivity index (χ1n) is 10.4. The molecule has 2 N–H and O–H groups in total. The molecular weight excluding hydrogens is 541 g/mol. The summed E-state index contributed by atoms with van der Waals surface area (Å²) < 4.78 is 11.0. The maximum Gasteiger partial charge on any atom is 0.308 e. The molecule has 0 aliphatic carbocycles. The molecule has 2 aromatic carbocycles. The largest absolute Gasteiger partial charge is 0.427 e. The second kappa shape index (κ2) is 10.9. The van der Waals surface area contributed by atoms with E-state index in [2.05, 4.69) is 36.7 Å². The van der Waals surface area contributed by atoms with E-state index in [1.165, 1.54) is 0 Å². The predicted molar refractivity (Wildman–Crippen MR) is 134 cm³/mol. The number of benzene rings is 2. The first-order valence-corrected chi connectivity index (χ1v) is 11.9. The number of halogens is 2. The Labute approximate surface area is 205 Å². The minimum atomic E-state index is 0.000481. The van der Waals surface area contributed by atoms with E-state index in [1.807, 2.05) is 53.1 Å². The Bertz CT molecular complexity index is 1190. The van der Waals surface area contributed by atoms with Crippen LogP contribution < -0.4 is 8.85 Å². The maximum atomic E-state index is 12.3. The highest BCUT2D eigenvalue weighted by molar-refractivity contribution is 14.1. The van der Waals surface area contributed by atoms with Crippen LogP contribution >= 0.6 is 34.5 Å². The summed E-state index contributed by atoms with van der Waals surface area (Å²) in [4.78, 5) is 21.5. The molecule has 0 aliphatic heterocycles. The summed E-state index contributed by atoms with van der Waals surface area (Å²) in [7, 11) is 0. The number of unbranched alkanes of at least 4 members (excludes halogenated alkanes) is 1. The molecule has 7 nitrogen and oxygen atoms in total. The van der Waals surface area contributed by atoms with Crippen molar-refractivity contribution in [1.82, 2.24) is 23.4 Å². The van der Waals surface area contributed by atoms with Gasteiger partial charge in [-0.2, -0.15) is 4.98 Å². The van der Waals surface area contributed by atoms with Crippen LogP contribution in [0.25, 0.3) is 28.3 Å². The zero-order valence-electron chi connectivity index (χ0n) is 17.4.